The summed E-state index contributed by atoms with van der Waals surface area (Å²) in [6.45, 7) is 0. The molecule has 27 heavy (non-hydrogen) atoms. The van der Waals surface area contributed by atoms with Crippen molar-refractivity contribution in [2.75, 3.05) is 0 Å². The number of hydrogen-bond acceptors (Lipinski definition) is 5. The maximum absolute atomic E-state index is 10.6. The van der Waals surface area contributed by atoms with E-state index >= 15 is 0 Å². The van der Waals surface area contributed by atoms with E-state index in [-0.39, 0.29) is 6.04 Å². The molecule has 0 aliphatic rings. The Morgan fingerprint density at radius 3 is 2.52 bits per heavy atom. The molecular weight excluding hydrogens is 379 g/mol. The average Bonchev–Trinajstić information content (AvgIpc) is 3.06. The van der Waals surface area contributed by atoms with E-state index in [1.54, 1.807) is 17.4 Å². The number of carbonyl (C=O) groups is 1. The van der Waals surface area contributed by atoms with Gasteiger partial charge in [-0.25, -0.2) is 9.78 Å². The molecule has 2 aromatic carbocycles. The van der Waals surface area contributed by atoms with Crippen molar-refractivity contribution >= 4 is 27.5 Å². The first kappa shape index (κ1) is 20.4. The van der Waals surface area contributed by atoms with Gasteiger partial charge in [-0.05, 0) is 36.2 Å². The lowest BCUT2D eigenvalue weighted by atomic mass is 10.0. The topological polar surface area (TPSA) is 100 Å². The van der Waals surface area contributed by atoms with Crippen molar-refractivity contribution in [3.63, 3.8) is 0 Å². The number of para-hydroxylation sites is 1. The highest BCUT2D eigenvalue weighted by atomic mass is 32.1. The van der Waals surface area contributed by atoms with Gasteiger partial charge in [0, 0.05) is 0 Å². The SMILES string of the molecule is N#Cc1cccc(CC(N)c2nc3ccccc3s2)c1.O=C(O)C(F)(F)F. The van der Waals surface area contributed by atoms with Crippen LogP contribution in [0.2, 0.25) is 0 Å². The number of alkyl halides is 3. The van der Waals surface area contributed by atoms with Crippen LogP contribution in [-0.2, 0) is 11.2 Å². The van der Waals surface area contributed by atoms with Crippen LogP contribution in [0.3, 0.4) is 0 Å². The van der Waals surface area contributed by atoms with Gasteiger partial charge in [0.2, 0.25) is 0 Å². The quantitative estimate of drug-likeness (QED) is 0.699. The second-order valence-electron chi connectivity index (χ2n) is 5.45. The summed E-state index contributed by atoms with van der Waals surface area (Å²) in [6, 6.07) is 17.6. The average molecular weight is 393 g/mol. The second kappa shape index (κ2) is 8.62. The number of hydrogen-bond donors (Lipinski definition) is 2. The molecule has 1 atom stereocenters. The van der Waals surface area contributed by atoms with Crippen LogP contribution in [0.25, 0.3) is 10.2 Å². The number of nitriles is 1. The fraction of sp³-hybridized carbons (Fsp3) is 0.167. The fourth-order valence-corrected chi connectivity index (χ4v) is 3.13. The van der Waals surface area contributed by atoms with Gasteiger partial charge in [0.1, 0.15) is 5.01 Å². The third-order valence-electron chi connectivity index (χ3n) is 3.38. The van der Waals surface area contributed by atoms with Crippen LogP contribution in [0.5, 0.6) is 0 Å². The molecule has 0 aliphatic heterocycles. The van der Waals surface area contributed by atoms with E-state index in [0.29, 0.717) is 12.0 Å². The predicted molar refractivity (Wildman–Crippen MR) is 95.1 cm³/mol. The smallest absolute Gasteiger partial charge is 0.475 e. The zero-order chi connectivity index (χ0) is 20.0. The molecule has 9 heteroatoms. The maximum atomic E-state index is 10.6. The van der Waals surface area contributed by atoms with Crippen molar-refractivity contribution in [1.82, 2.24) is 4.98 Å². The Morgan fingerprint density at radius 1 is 1.26 bits per heavy atom. The van der Waals surface area contributed by atoms with Gasteiger partial charge in [0.15, 0.2) is 0 Å². The van der Waals surface area contributed by atoms with E-state index in [4.69, 9.17) is 20.9 Å². The molecule has 3 aromatic rings. The Morgan fingerprint density at radius 2 is 1.93 bits per heavy atom. The number of halogens is 3. The minimum atomic E-state index is -5.08. The molecule has 0 aliphatic carbocycles. The molecule has 1 heterocycles. The number of fused-ring (bicyclic) bond motifs is 1. The molecule has 0 amide bonds. The summed E-state index contributed by atoms with van der Waals surface area (Å²) in [5, 5.41) is 17.0. The van der Waals surface area contributed by atoms with Crippen molar-refractivity contribution in [2.45, 2.75) is 18.6 Å². The Balaban J connectivity index is 0.000000321. The van der Waals surface area contributed by atoms with Crippen LogP contribution in [0, 0.1) is 11.3 Å². The van der Waals surface area contributed by atoms with E-state index in [9.17, 15) is 13.2 Å². The van der Waals surface area contributed by atoms with Crippen LogP contribution < -0.4 is 5.73 Å². The molecule has 1 unspecified atom stereocenters. The predicted octanol–water partition coefficient (Wildman–Crippen LogP) is 4.04. The zero-order valence-corrected chi connectivity index (χ0v) is 14.6. The molecule has 0 bridgehead atoms. The van der Waals surface area contributed by atoms with Crippen molar-refractivity contribution < 1.29 is 23.1 Å². The number of benzene rings is 2. The fourth-order valence-electron chi connectivity index (χ4n) is 2.16. The van der Waals surface area contributed by atoms with E-state index < -0.39 is 12.1 Å². The van der Waals surface area contributed by atoms with Crippen molar-refractivity contribution in [1.29, 1.82) is 5.26 Å². The van der Waals surface area contributed by atoms with Crippen LogP contribution in [0.15, 0.2) is 48.5 Å². The van der Waals surface area contributed by atoms with Gasteiger partial charge in [-0.2, -0.15) is 18.4 Å². The summed E-state index contributed by atoms with van der Waals surface area (Å²) in [5.74, 6) is -2.76. The summed E-state index contributed by atoms with van der Waals surface area (Å²) in [5.41, 5.74) is 8.97. The first-order valence-electron chi connectivity index (χ1n) is 7.61. The Hall–Kier alpha value is -2.96. The lowest BCUT2D eigenvalue weighted by Gasteiger charge is -2.08. The molecule has 0 radical (unpaired) electrons. The van der Waals surface area contributed by atoms with Crippen LogP contribution in [-0.4, -0.2) is 22.2 Å². The number of thiazole rings is 1. The number of aromatic nitrogens is 1. The molecular formula is C18H14F3N3O2S. The number of aliphatic carboxylic acids is 1. The summed E-state index contributed by atoms with van der Waals surface area (Å²) in [4.78, 5) is 13.5. The minimum absolute atomic E-state index is 0.138. The van der Waals surface area contributed by atoms with Crippen LogP contribution in [0.1, 0.15) is 22.2 Å². The van der Waals surface area contributed by atoms with Crippen molar-refractivity contribution in [3.8, 4) is 6.07 Å². The van der Waals surface area contributed by atoms with Crippen LogP contribution >= 0.6 is 11.3 Å². The van der Waals surface area contributed by atoms with E-state index in [0.717, 1.165) is 20.8 Å². The lowest BCUT2D eigenvalue weighted by molar-refractivity contribution is -0.192. The highest BCUT2D eigenvalue weighted by Gasteiger charge is 2.38. The van der Waals surface area contributed by atoms with Gasteiger partial charge in [-0.3, -0.25) is 0 Å². The van der Waals surface area contributed by atoms with Gasteiger partial charge in [0.05, 0.1) is 27.9 Å². The second-order valence-corrected chi connectivity index (χ2v) is 6.51. The van der Waals surface area contributed by atoms with E-state index in [2.05, 4.69) is 17.1 Å². The Labute approximate surface area is 156 Å². The van der Waals surface area contributed by atoms with E-state index in [1.807, 2.05) is 36.4 Å². The summed E-state index contributed by atoms with van der Waals surface area (Å²) >= 11 is 1.63. The Kier molecular flexibility index (Phi) is 6.50. The highest BCUT2D eigenvalue weighted by molar-refractivity contribution is 7.18. The number of carboxylic acids is 1. The lowest BCUT2D eigenvalue weighted by Crippen LogP contribution is -2.21. The molecule has 140 valence electrons. The number of nitrogens with zero attached hydrogens (tertiary/aromatic N) is 2. The Bertz CT molecular complexity index is 947. The first-order valence-corrected chi connectivity index (χ1v) is 8.42. The van der Waals surface area contributed by atoms with Gasteiger partial charge in [-0.1, -0.05) is 24.3 Å². The van der Waals surface area contributed by atoms with E-state index in [1.165, 1.54) is 0 Å². The zero-order valence-electron chi connectivity index (χ0n) is 13.8. The molecule has 5 nitrogen and oxygen atoms in total. The summed E-state index contributed by atoms with van der Waals surface area (Å²) in [6.07, 6.45) is -4.39. The van der Waals surface area contributed by atoms with Crippen molar-refractivity contribution in [2.24, 2.45) is 5.73 Å². The first-order chi connectivity index (χ1) is 12.7. The third kappa shape index (κ3) is 5.77. The minimum Gasteiger partial charge on any atom is -0.475 e. The number of nitrogens with two attached hydrogens (primary N) is 1. The van der Waals surface area contributed by atoms with Crippen molar-refractivity contribution in [3.05, 3.63) is 64.7 Å². The van der Waals surface area contributed by atoms with Gasteiger partial charge in [-0.15, -0.1) is 11.3 Å². The molecule has 3 rings (SSSR count). The third-order valence-corrected chi connectivity index (χ3v) is 4.55. The standard InChI is InChI=1S/C16H13N3S.C2HF3O2/c17-10-12-5-3-4-11(8-12)9-13(18)16-19-14-6-1-2-7-15(14)20-16;3-2(4,5)1(6)7/h1-8,13H,9,18H2;(H,6,7). The number of rotatable bonds is 3. The molecule has 0 spiro atoms. The molecule has 0 saturated carbocycles. The van der Waals surface area contributed by atoms with Gasteiger partial charge < -0.3 is 10.8 Å². The monoisotopic (exact) mass is 393 g/mol. The van der Waals surface area contributed by atoms with Gasteiger partial charge in [0.25, 0.3) is 0 Å². The molecule has 1 aromatic heterocycles. The molecule has 0 fully saturated rings. The summed E-state index contributed by atoms with van der Waals surface area (Å²) < 4.78 is 32.9. The largest absolute Gasteiger partial charge is 0.490 e. The molecule has 3 N–H and O–H groups in total. The number of carboxylic acid groups (broad SMARTS) is 1. The van der Waals surface area contributed by atoms with Gasteiger partial charge >= 0.3 is 12.1 Å². The maximum Gasteiger partial charge on any atom is 0.490 e. The molecule has 0 saturated heterocycles. The normalized spacial score (nSPS) is 12.0. The van der Waals surface area contributed by atoms with Crippen LogP contribution in [0.4, 0.5) is 13.2 Å². The summed E-state index contributed by atoms with van der Waals surface area (Å²) in [7, 11) is 0. The highest BCUT2D eigenvalue weighted by Crippen LogP contribution is 2.27.